The van der Waals surface area contributed by atoms with Gasteiger partial charge in [0.25, 0.3) is 0 Å². The van der Waals surface area contributed by atoms with Crippen LogP contribution in [0.2, 0.25) is 0 Å². The monoisotopic (exact) mass is 357 g/mol. The number of aromatic nitrogens is 2. The third-order valence-electron chi connectivity index (χ3n) is 3.03. The second kappa shape index (κ2) is 9.87. The largest absolute Gasteiger partial charge is 0.465 e. The molecule has 136 valence electrons. The van der Waals surface area contributed by atoms with E-state index in [2.05, 4.69) is 15.0 Å². The third-order valence-corrected chi connectivity index (χ3v) is 3.03. The number of pyridine rings is 2. The van der Waals surface area contributed by atoms with Gasteiger partial charge in [0.05, 0.1) is 31.3 Å². The molecular weight excluding hydrogens is 338 g/mol. The van der Waals surface area contributed by atoms with Crippen LogP contribution in [0.1, 0.15) is 13.8 Å². The van der Waals surface area contributed by atoms with Crippen LogP contribution in [0.5, 0.6) is 11.6 Å². The van der Waals surface area contributed by atoms with E-state index in [1.807, 2.05) is 0 Å². The highest BCUT2D eigenvalue weighted by molar-refractivity contribution is 6.09. The lowest BCUT2D eigenvalue weighted by Crippen LogP contribution is -2.29. The van der Waals surface area contributed by atoms with E-state index in [0.717, 1.165) is 0 Å². The van der Waals surface area contributed by atoms with Crippen LogP contribution in [0.4, 0.5) is 5.69 Å². The van der Waals surface area contributed by atoms with Gasteiger partial charge in [0.2, 0.25) is 5.88 Å². The van der Waals surface area contributed by atoms with Gasteiger partial charge in [0, 0.05) is 18.5 Å². The summed E-state index contributed by atoms with van der Waals surface area (Å²) in [7, 11) is 0. The van der Waals surface area contributed by atoms with Crippen LogP contribution in [0, 0.1) is 5.92 Å². The van der Waals surface area contributed by atoms with Crippen LogP contribution < -0.4 is 4.74 Å². The van der Waals surface area contributed by atoms with Crippen LogP contribution in [0.3, 0.4) is 0 Å². The molecule has 0 aliphatic carbocycles. The molecule has 2 rings (SSSR count). The number of carbonyl (C=O) groups is 2. The number of carbonyl (C=O) groups excluding carboxylic acids is 2. The quantitative estimate of drug-likeness (QED) is 0.407. The fraction of sp³-hybridized carbons (Fsp3) is 0.278. The SMILES string of the molecule is CCOC(=O)C(C=Nc1ccc(Oc2cccnc2)nc1)C(=O)OCC. The second-order valence-electron chi connectivity index (χ2n) is 4.91. The topological polar surface area (TPSA) is 100.0 Å². The maximum absolute atomic E-state index is 11.9. The molecule has 0 aliphatic rings. The molecule has 0 N–H and O–H groups in total. The van der Waals surface area contributed by atoms with Crippen LogP contribution in [0.15, 0.2) is 47.8 Å². The molecule has 26 heavy (non-hydrogen) atoms. The first-order valence-corrected chi connectivity index (χ1v) is 8.05. The summed E-state index contributed by atoms with van der Waals surface area (Å²) in [6.45, 7) is 3.62. The molecule has 0 atom stereocenters. The summed E-state index contributed by atoms with van der Waals surface area (Å²) >= 11 is 0. The molecule has 2 aromatic rings. The summed E-state index contributed by atoms with van der Waals surface area (Å²) in [5, 5.41) is 0. The van der Waals surface area contributed by atoms with E-state index in [0.29, 0.717) is 17.3 Å². The predicted molar refractivity (Wildman–Crippen MR) is 93.5 cm³/mol. The molecule has 2 aromatic heterocycles. The predicted octanol–water partition coefficient (Wildman–Crippen LogP) is 2.71. The molecule has 0 saturated carbocycles. The molecule has 0 radical (unpaired) electrons. The molecule has 0 aromatic carbocycles. The van der Waals surface area contributed by atoms with Gasteiger partial charge in [-0.1, -0.05) is 0 Å². The van der Waals surface area contributed by atoms with E-state index >= 15 is 0 Å². The van der Waals surface area contributed by atoms with Crippen molar-refractivity contribution in [2.24, 2.45) is 10.9 Å². The Balaban J connectivity index is 2.06. The Morgan fingerprint density at radius 3 is 2.38 bits per heavy atom. The summed E-state index contributed by atoms with van der Waals surface area (Å²) in [6.07, 6.45) is 5.85. The van der Waals surface area contributed by atoms with Crippen molar-refractivity contribution >= 4 is 23.8 Å². The van der Waals surface area contributed by atoms with E-state index in [1.165, 1.54) is 12.4 Å². The third kappa shape index (κ3) is 5.66. The molecule has 0 saturated heterocycles. The fourth-order valence-corrected chi connectivity index (χ4v) is 1.88. The van der Waals surface area contributed by atoms with E-state index in [-0.39, 0.29) is 13.2 Å². The molecule has 0 aliphatic heterocycles. The first-order chi connectivity index (χ1) is 12.6. The molecule has 0 unspecified atom stereocenters. The van der Waals surface area contributed by atoms with Crippen molar-refractivity contribution in [2.75, 3.05) is 13.2 Å². The van der Waals surface area contributed by atoms with E-state index in [9.17, 15) is 9.59 Å². The maximum atomic E-state index is 11.9. The van der Waals surface area contributed by atoms with Crippen LogP contribution >= 0.6 is 0 Å². The molecule has 0 fully saturated rings. The zero-order valence-corrected chi connectivity index (χ0v) is 14.5. The number of nitrogens with zero attached hydrogens (tertiary/aromatic N) is 3. The Morgan fingerprint density at radius 2 is 1.85 bits per heavy atom. The summed E-state index contributed by atoms with van der Waals surface area (Å²) in [6, 6.07) is 6.76. The first kappa shape index (κ1) is 19.0. The smallest absolute Gasteiger partial charge is 0.325 e. The number of aliphatic imine (C=N–C) groups is 1. The standard InChI is InChI=1S/C18H19N3O5/c1-3-24-17(22)15(18(23)25-4-2)12-20-13-7-8-16(21-10-13)26-14-6-5-9-19-11-14/h5-12,15H,3-4H2,1-2H3. The highest BCUT2D eigenvalue weighted by atomic mass is 16.6. The lowest BCUT2D eigenvalue weighted by molar-refractivity contribution is -0.157. The van der Waals surface area contributed by atoms with Crippen molar-refractivity contribution in [1.29, 1.82) is 0 Å². The zero-order chi connectivity index (χ0) is 18.8. The minimum absolute atomic E-state index is 0.157. The van der Waals surface area contributed by atoms with E-state index in [1.54, 1.807) is 50.5 Å². The van der Waals surface area contributed by atoms with Crippen LogP contribution in [0.25, 0.3) is 0 Å². The molecule has 8 heteroatoms. The average Bonchev–Trinajstić information content (AvgIpc) is 2.64. The van der Waals surface area contributed by atoms with Crippen molar-refractivity contribution in [3.05, 3.63) is 42.9 Å². The van der Waals surface area contributed by atoms with Crippen molar-refractivity contribution < 1.29 is 23.8 Å². The number of hydrogen-bond donors (Lipinski definition) is 0. The van der Waals surface area contributed by atoms with Crippen molar-refractivity contribution in [3.8, 4) is 11.6 Å². The second-order valence-corrected chi connectivity index (χ2v) is 4.91. The highest BCUT2D eigenvalue weighted by Crippen LogP contribution is 2.20. The van der Waals surface area contributed by atoms with Crippen molar-refractivity contribution in [1.82, 2.24) is 9.97 Å². The summed E-state index contributed by atoms with van der Waals surface area (Å²) in [4.78, 5) is 35.9. The lowest BCUT2D eigenvalue weighted by atomic mass is 10.2. The average molecular weight is 357 g/mol. The van der Waals surface area contributed by atoms with Gasteiger partial charge >= 0.3 is 11.9 Å². The van der Waals surface area contributed by atoms with Gasteiger partial charge in [-0.15, -0.1) is 0 Å². The highest BCUT2D eigenvalue weighted by Gasteiger charge is 2.27. The number of ether oxygens (including phenoxy) is 3. The van der Waals surface area contributed by atoms with Crippen LogP contribution in [-0.4, -0.2) is 41.3 Å². The Morgan fingerprint density at radius 1 is 1.12 bits per heavy atom. The molecular formula is C18H19N3O5. The van der Waals surface area contributed by atoms with E-state index < -0.39 is 17.9 Å². The number of esters is 2. The van der Waals surface area contributed by atoms with Gasteiger partial charge < -0.3 is 14.2 Å². The Kier molecular flexibility index (Phi) is 7.23. The van der Waals surface area contributed by atoms with Gasteiger partial charge in [0.15, 0.2) is 5.92 Å². The zero-order valence-electron chi connectivity index (χ0n) is 14.5. The first-order valence-electron chi connectivity index (χ1n) is 8.05. The lowest BCUT2D eigenvalue weighted by Gasteiger charge is -2.10. The van der Waals surface area contributed by atoms with Gasteiger partial charge in [-0.3, -0.25) is 19.6 Å². The maximum Gasteiger partial charge on any atom is 0.325 e. The molecule has 2 heterocycles. The van der Waals surface area contributed by atoms with Gasteiger partial charge in [0.1, 0.15) is 5.75 Å². The van der Waals surface area contributed by atoms with E-state index in [4.69, 9.17) is 14.2 Å². The summed E-state index contributed by atoms with van der Waals surface area (Å²) in [5.41, 5.74) is 0.446. The number of rotatable bonds is 8. The van der Waals surface area contributed by atoms with Gasteiger partial charge in [-0.25, -0.2) is 4.98 Å². The molecule has 0 amide bonds. The normalized spacial score (nSPS) is 10.7. The Bertz CT molecular complexity index is 729. The minimum Gasteiger partial charge on any atom is -0.465 e. The Labute approximate surface area is 150 Å². The number of hydrogen-bond acceptors (Lipinski definition) is 8. The van der Waals surface area contributed by atoms with Crippen molar-refractivity contribution in [2.45, 2.75) is 13.8 Å². The summed E-state index contributed by atoms with van der Waals surface area (Å²) in [5.74, 6) is -1.72. The Hall–Kier alpha value is -3.29. The molecule has 8 nitrogen and oxygen atoms in total. The van der Waals surface area contributed by atoms with Crippen LogP contribution in [-0.2, 0) is 19.1 Å². The fourth-order valence-electron chi connectivity index (χ4n) is 1.88. The van der Waals surface area contributed by atoms with Gasteiger partial charge in [-0.2, -0.15) is 0 Å². The summed E-state index contributed by atoms with van der Waals surface area (Å²) < 4.78 is 15.3. The van der Waals surface area contributed by atoms with Crippen molar-refractivity contribution in [3.63, 3.8) is 0 Å². The molecule has 0 spiro atoms. The molecule has 0 bridgehead atoms. The minimum atomic E-state index is -1.22. The van der Waals surface area contributed by atoms with Gasteiger partial charge in [-0.05, 0) is 32.0 Å².